The molecule has 1 aromatic carbocycles. The SMILES string of the molecule is CCNC(=NCC1(C)CCCS1)NCCNC(=O)c1ccc(OC)cc1. The number of methoxy groups -OCH3 is 1. The van der Waals surface area contributed by atoms with Crippen molar-refractivity contribution in [3.63, 3.8) is 0 Å². The molecule has 1 heterocycles. The third kappa shape index (κ3) is 6.44. The first-order chi connectivity index (χ1) is 12.6. The smallest absolute Gasteiger partial charge is 0.251 e. The van der Waals surface area contributed by atoms with E-state index in [0.717, 1.165) is 24.8 Å². The van der Waals surface area contributed by atoms with Crippen molar-refractivity contribution in [3.05, 3.63) is 29.8 Å². The Kier molecular flexibility index (Phi) is 8.09. The van der Waals surface area contributed by atoms with E-state index in [1.807, 2.05) is 11.8 Å². The van der Waals surface area contributed by atoms with Crippen LogP contribution in [0.25, 0.3) is 0 Å². The Bertz CT molecular complexity index is 598. The predicted octanol–water partition coefficient (Wildman–Crippen LogP) is 2.27. The van der Waals surface area contributed by atoms with Crippen LogP contribution in [-0.4, -0.2) is 55.7 Å². The molecule has 1 fully saturated rings. The average Bonchev–Trinajstić information content (AvgIpc) is 3.10. The summed E-state index contributed by atoms with van der Waals surface area (Å²) in [5.41, 5.74) is 0.623. The number of guanidine groups is 1. The van der Waals surface area contributed by atoms with Crippen molar-refractivity contribution in [1.29, 1.82) is 0 Å². The Morgan fingerprint density at radius 3 is 2.58 bits per heavy atom. The van der Waals surface area contributed by atoms with Gasteiger partial charge in [-0.15, -0.1) is 0 Å². The van der Waals surface area contributed by atoms with Gasteiger partial charge >= 0.3 is 0 Å². The molecule has 0 radical (unpaired) electrons. The number of carbonyl (C=O) groups is 1. The van der Waals surface area contributed by atoms with Crippen LogP contribution in [0.3, 0.4) is 0 Å². The number of ether oxygens (including phenoxy) is 1. The molecule has 6 nitrogen and oxygen atoms in total. The normalized spacial score (nSPS) is 19.9. The molecule has 7 heteroatoms. The Morgan fingerprint density at radius 2 is 1.96 bits per heavy atom. The molecule has 0 aliphatic carbocycles. The third-order valence-corrected chi connectivity index (χ3v) is 5.79. The molecule has 1 aromatic rings. The van der Waals surface area contributed by atoms with Crippen LogP contribution < -0.4 is 20.7 Å². The van der Waals surface area contributed by atoms with Gasteiger partial charge in [-0.3, -0.25) is 9.79 Å². The first-order valence-electron chi connectivity index (χ1n) is 9.15. The minimum absolute atomic E-state index is 0.0914. The number of hydrogen-bond acceptors (Lipinski definition) is 4. The number of rotatable bonds is 8. The van der Waals surface area contributed by atoms with E-state index in [2.05, 4.69) is 29.8 Å². The van der Waals surface area contributed by atoms with Gasteiger partial charge in [-0.05, 0) is 56.7 Å². The van der Waals surface area contributed by atoms with Crippen LogP contribution in [0.2, 0.25) is 0 Å². The van der Waals surface area contributed by atoms with Crippen molar-refractivity contribution in [2.75, 3.05) is 39.0 Å². The van der Waals surface area contributed by atoms with Crippen LogP contribution in [0.1, 0.15) is 37.0 Å². The molecule has 2 rings (SSSR count). The minimum atomic E-state index is -0.0914. The molecule has 1 amide bonds. The van der Waals surface area contributed by atoms with Crippen molar-refractivity contribution in [3.8, 4) is 5.75 Å². The second kappa shape index (κ2) is 10.3. The molecule has 0 aromatic heterocycles. The zero-order chi connectivity index (χ0) is 18.8. The van der Waals surface area contributed by atoms with Crippen LogP contribution >= 0.6 is 11.8 Å². The molecule has 144 valence electrons. The van der Waals surface area contributed by atoms with Crippen molar-refractivity contribution in [2.24, 2.45) is 4.99 Å². The summed E-state index contributed by atoms with van der Waals surface area (Å²) in [6.45, 7) is 7.11. The Labute approximate surface area is 160 Å². The first kappa shape index (κ1) is 20.4. The number of nitrogens with one attached hydrogen (secondary N) is 3. The zero-order valence-corrected chi connectivity index (χ0v) is 16.7. The highest BCUT2D eigenvalue weighted by Crippen LogP contribution is 2.37. The molecule has 0 saturated carbocycles. The standard InChI is InChI=1S/C19H30N4O2S/c1-4-20-18(23-14-19(2)10-5-13-26-19)22-12-11-21-17(24)15-6-8-16(25-3)9-7-15/h6-9H,4-5,10-14H2,1-3H3,(H,21,24)(H2,20,22,23). The Hall–Kier alpha value is -1.89. The van der Waals surface area contributed by atoms with Gasteiger partial charge in [-0.1, -0.05) is 0 Å². The molecule has 1 aliphatic rings. The van der Waals surface area contributed by atoms with Crippen LogP contribution in [0, 0.1) is 0 Å². The van der Waals surface area contributed by atoms with Crippen molar-refractivity contribution < 1.29 is 9.53 Å². The summed E-state index contributed by atoms with van der Waals surface area (Å²) in [6, 6.07) is 7.08. The van der Waals surface area contributed by atoms with Crippen molar-refractivity contribution in [2.45, 2.75) is 31.4 Å². The van der Waals surface area contributed by atoms with E-state index in [4.69, 9.17) is 9.73 Å². The fourth-order valence-corrected chi connectivity index (χ4v) is 3.98. The maximum atomic E-state index is 12.1. The Balaban J connectivity index is 1.75. The van der Waals surface area contributed by atoms with E-state index in [9.17, 15) is 4.79 Å². The highest BCUT2D eigenvalue weighted by atomic mass is 32.2. The summed E-state index contributed by atoms with van der Waals surface area (Å²) in [5.74, 6) is 2.68. The van der Waals surface area contributed by atoms with Crippen molar-refractivity contribution >= 4 is 23.6 Å². The summed E-state index contributed by atoms with van der Waals surface area (Å²) in [5, 5.41) is 9.45. The lowest BCUT2D eigenvalue weighted by molar-refractivity contribution is 0.0954. The number of carbonyl (C=O) groups excluding carboxylic acids is 1. The molecule has 3 N–H and O–H groups in total. The lowest BCUT2D eigenvalue weighted by Crippen LogP contribution is -2.42. The van der Waals surface area contributed by atoms with E-state index in [-0.39, 0.29) is 10.7 Å². The molecule has 1 unspecified atom stereocenters. The maximum Gasteiger partial charge on any atom is 0.251 e. The zero-order valence-electron chi connectivity index (χ0n) is 15.9. The van der Waals surface area contributed by atoms with Gasteiger partial charge in [0.05, 0.1) is 13.7 Å². The Morgan fingerprint density at radius 1 is 1.23 bits per heavy atom. The van der Waals surface area contributed by atoms with Gasteiger partial charge in [0.1, 0.15) is 5.75 Å². The number of amides is 1. The van der Waals surface area contributed by atoms with Crippen LogP contribution in [0.5, 0.6) is 5.75 Å². The molecule has 1 atom stereocenters. The van der Waals surface area contributed by atoms with Gasteiger partial charge in [-0.2, -0.15) is 11.8 Å². The second-order valence-electron chi connectivity index (χ2n) is 6.51. The number of aliphatic imine (C=N–C) groups is 1. The van der Waals surface area contributed by atoms with E-state index in [0.29, 0.717) is 18.7 Å². The van der Waals surface area contributed by atoms with E-state index >= 15 is 0 Å². The summed E-state index contributed by atoms with van der Waals surface area (Å²) < 4.78 is 5.36. The first-order valence-corrected chi connectivity index (χ1v) is 10.1. The van der Waals surface area contributed by atoms with Gasteiger partial charge in [0.25, 0.3) is 5.91 Å². The van der Waals surface area contributed by atoms with Gasteiger partial charge < -0.3 is 20.7 Å². The van der Waals surface area contributed by atoms with Gasteiger partial charge in [-0.25, -0.2) is 0 Å². The van der Waals surface area contributed by atoms with Crippen molar-refractivity contribution in [1.82, 2.24) is 16.0 Å². The summed E-state index contributed by atoms with van der Waals surface area (Å²) in [7, 11) is 1.61. The summed E-state index contributed by atoms with van der Waals surface area (Å²) in [6.07, 6.45) is 2.50. The number of benzene rings is 1. The fourth-order valence-electron chi connectivity index (χ4n) is 2.75. The largest absolute Gasteiger partial charge is 0.497 e. The second-order valence-corrected chi connectivity index (χ2v) is 8.19. The lowest BCUT2D eigenvalue weighted by Gasteiger charge is -2.21. The molecular formula is C19H30N4O2S. The van der Waals surface area contributed by atoms with Gasteiger partial charge in [0, 0.05) is 29.9 Å². The third-order valence-electron chi connectivity index (χ3n) is 4.27. The monoisotopic (exact) mass is 378 g/mol. The van der Waals surface area contributed by atoms with Gasteiger partial charge in [0.15, 0.2) is 5.96 Å². The molecule has 1 saturated heterocycles. The molecular weight excluding hydrogens is 348 g/mol. The summed E-state index contributed by atoms with van der Waals surface area (Å²) >= 11 is 2.01. The lowest BCUT2D eigenvalue weighted by atomic mass is 10.1. The highest BCUT2D eigenvalue weighted by Gasteiger charge is 2.29. The topological polar surface area (TPSA) is 74.8 Å². The highest BCUT2D eigenvalue weighted by molar-refractivity contribution is 8.00. The average molecular weight is 379 g/mol. The van der Waals surface area contributed by atoms with Gasteiger partial charge in [0.2, 0.25) is 0 Å². The number of thioether (sulfide) groups is 1. The fraction of sp³-hybridized carbons (Fsp3) is 0.579. The molecule has 26 heavy (non-hydrogen) atoms. The minimum Gasteiger partial charge on any atom is -0.497 e. The molecule has 1 aliphatic heterocycles. The van der Waals surface area contributed by atoms with Crippen LogP contribution in [0.15, 0.2) is 29.3 Å². The van der Waals surface area contributed by atoms with E-state index in [1.54, 1.807) is 31.4 Å². The van der Waals surface area contributed by atoms with Crippen LogP contribution in [0.4, 0.5) is 0 Å². The predicted molar refractivity (Wildman–Crippen MR) is 109 cm³/mol. The summed E-state index contributed by atoms with van der Waals surface area (Å²) in [4.78, 5) is 16.8. The molecule has 0 bridgehead atoms. The quantitative estimate of drug-likeness (QED) is 0.368. The maximum absolute atomic E-state index is 12.1. The number of hydrogen-bond donors (Lipinski definition) is 3. The van der Waals surface area contributed by atoms with E-state index < -0.39 is 0 Å². The van der Waals surface area contributed by atoms with Crippen LogP contribution in [-0.2, 0) is 0 Å². The number of nitrogens with zero attached hydrogens (tertiary/aromatic N) is 1. The van der Waals surface area contributed by atoms with E-state index in [1.165, 1.54) is 18.6 Å². The molecule has 0 spiro atoms.